The van der Waals surface area contributed by atoms with E-state index in [9.17, 15) is 0 Å². The molecule has 1 aliphatic heterocycles. The summed E-state index contributed by atoms with van der Waals surface area (Å²) in [5, 5.41) is 8.88. The van der Waals surface area contributed by atoms with E-state index in [0.717, 1.165) is 31.6 Å². The molecule has 1 fully saturated rings. The van der Waals surface area contributed by atoms with Crippen molar-refractivity contribution in [2.24, 2.45) is 0 Å². The van der Waals surface area contributed by atoms with Gasteiger partial charge in [-0.2, -0.15) is 15.2 Å². The zero-order valence-electron chi connectivity index (χ0n) is 13.0. The van der Waals surface area contributed by atoms with Crippen molar-refractivity contribution in [1.82, 2.24) is 9.97 Å². The first-order valence-electron chi connectivity index (χ1n) is 7.56. The van der Waals surface area contributed by atoms with E-state index >= 15 is 0 Å². The fourth-order valence-electron chi connectivity index (χ4n) is 2.64. The predicted molar refractivity (Wildman–Crippen MR) is 85.6 cm³/mol. The fraction of sp³-hybridized carbons (Fsp3) is 0.353. The second-order valence-corrected chi connectivity index (χ2v) is 5.39. The molecule has 0 spiro atoms. The summed E-state index contributed by atoms with van der Waals surface area (Å²) in [6.45, 7) is 1.76. The Kier molecular flexibility index (Phi) is 4.57. The van der Waals surface area contributed by atoms with Gasteiger partial charge < -0.3 is 14.4 Å². The van der Waals surface area contributed by atoms with E-state index in [0.29, 0.717) is 17.3 Å². The summed E-state index contributed by atoms with van der Waals surface area (Å²) in [6, 6.07) is 10.1. The second-order valence-electron chi connectivity index (χ2n) is 5.39. The monoisotopic (exact) mass is 310 g/mol. The molecule has 0 amide bonds. The van der Waals surface area contributed by atoms with E-state index in [1.54, 1.807) is 19.5 Å². The van der Waals surface area contributed by atoms with Gasteiger partial charge in [0.1, 0.15) is 6.10 Å². The summed E-state index contributed by atoms with van der Waals surface area (Å²) in [5.74, 6) is 0.611. The highest BCUT2D eigenvalue weighted by Crippen LogP contribution is 2.22. The normalized spacial score (nSPS) is 17.4. The third kappa shape index (κ3) is 3.69. The number of anilines is 1. The molecule has 0 bridgehead atoms. The van der Waals surface area contributed by atoms with Gasteiger partial charge in [-0.25, -0.2) is 0 Å². The first kappa shape index (κ1) is 15.1. The Balaban J connectivity index is 1.64. The van der Waals surface area contributed by atoms with Gasteiger partial charge in [-0.05, 0) is 37.1 Å². The van der Waals surface area contributed by atoms with Crippen molar-refractivity contribution < 1.29 is 9.47 Å². The number of hydrogen-bond donors (Lipinski definition) is 0. The molecule has 1 aliphatic rings. The van der Waals surface area contributed by atoms with Crippen molar-refractivity contribution in [1.29, 1.82) is 5.26 Å². The Morgan fingerprint density at radius 3 is 2.61 bits per heavy atom. The van der Waals surface area contributed by atoms with Crippen molar-refractivity contribution in [3.05, 3.63) is 42.2 Å². The molecule has 1 atom stereocenters. The van der Waals surface area contributed by atoms with Crippen LogP contribution in [0.25, 0.3) is 0 Å². The molecule has 0 aliphatic carbocycles. The summed E-state index contributed by atoms with van der Waals surface area (Å²) >= 11 is 0. The summed E-state index contributed by atoms with van der Waals surface area (Å²) in [4.78, 5) is 10.6. The van der Waals surface area contributed by atoms with E-state index in [4.69, 9.17) is 14.7 Å². The van der Waals surface area contributed by atoms with Crippen LogP contribution < -0.4 is 14.4 Å². The molecule has 0 N–H and O–H groups in total. The Bertz CT molecular complexity index is 679. The number of hydrogen-bond acceptors (Lipinski definition) is 6. The molecule has 1 saturated heterocycles. The Morgan fingerprint density at radius 1 is 1.22 bits per heavy atom. The van der Waals surface area contributed by atoms with Crippen LogP contribution in [0, 0.1) is 11.3 Å². The molecule has 1 aromatic heterocycles. The lowest BCUT2D eigenvalue weighted by atomic mass is 10.1. The molecular formula is C17H18N4O2. The number of aromatic nitrogens is 2. The zero-order valence-corrected chi connectivity index (χ0v) is 13.0. The zero-order chi connectivity index (χ0) is 16.1. The maximum Gasteiger partial charge on any atom is 0.316 e. The molecule has 23 heavy (non-hydrogen) atoms. The molecule has 118 valence electrons. The van der Waals surface area contributed by atoms with Crippen molar-refractivity contribution >= 4 is 5.69 Å². The first-order chi connectivity index (χ1) is 11.3. The van der Waals surface area contributed by atoms with Gasteiger partial charge in [0.15, 0.2) is 5.75 Å². The van der Waals surface area contributed by atoms with Gasteiger partial charge in [-0.15, -0.1) is 0 Å². The minimum Gasteiger partial charge on any atom is -0.494 e. The Hall–Kier alpha value is -2.81. The lowest BCUT2D eigenvalue weighted by molar-refractivity contribution is 0.164. The van der Waals surface area contributed by atoms with Crippen LogP contribution in [0.1, 0.15) is 18.4 Å². The van der Waals surface area contributed by atoms with Crippen LogP contribution in [-0.4, -0.2) is 36.3 Å². The number of nitriles is 1. The molecule has 6 heteroatoms. The Morgan fingerprint density at radius 2 is 1.96 bits per heavy atom. The largest absolute Gasteiger partial charge is 0.494 e. The van der Waals surface area contributed by atoms with Crippen LogP contribution in [0.2, 0.25) is 0 Å². The van der Waals surface area contributed by atoms with Gasteiger partial charge in [0.05, 0.1) is 37.7 Å². The van der Waals surface area contributed by atoms with E-state index in [-0.39, 0.29) is 6.10 Å². The van der Waals surface area contributed by atoms with E-state index in [2.05, 4.69) is 20.9 Å². The van der Waals surface area contributed by atoms with Gasteiger partial charge in [-0.3, -0.25) is 0 Å². The van der Waals surface area contributed by atoms with Crippen LogP contribution in [0.4, 0.5) is 5.69 Å². The fourth-order valence-corrected chi connectivity index (χ4v) is 2.64. The number of piperidine rings is 1. The van der Waals surface area contributed by atoms with Crippen molar-refractivity contribution in [3.8, 4) is 17.8 Å². The van der Waals surface area contributed by atoms with Gasteiger partial charge >= 0.3 is 6.01 Å². The average Bonchev–Trinajstić information content (AvgIpc) is 2.63. The quantitative estimate of drug-likeness (QED) is 0.863. The summed E-state index contributed by atoms with van der Waals surface area (Å²) in [5.41, 5.74) is 1.78. The smallest absolute Gasteiger partial charge is 0.316 e. The molecule has 3 rings (SSSR count). The summed E-state index contributed by atoms with van der Waals surface area (Å²) in [7, 11) is 1.58. The number of methoxy groups -OCH3 is 1. The SMILES string of the molecule is COc1cnc(OC2CCCN(c3ccc(C#N)cc3)C2)nc1. The molecule has 1 aromatic carbocycles. The van der Waals surface area contributed by atoms with Crippen LogP contribution in [0.5, 0.6) is 11.8 Å². The number of ether oxygens (including phenoxy) is 2. The van der Waals surface area contributed by atoms with Gasteiger partial charge in [0, 0.05) is 12.2 Å². The highest BCUT2D eigenvalue weighted by molar-refractivity contribution is 5.50. The molecule has 1 unspecified atom stereocenters. The van der Waals surface area contributed by atoms with Crippen LogP contribution in [0.3, 0.4) is 0 Å². The van der Waals surface area contributed by atoms with Crippen molar-refractivity contribution in [3.63, 3.8) is 0 Å². The minimum absolute atomic E-state index is 0.0489. The maximum absolute atomic E-state index is 8.88. The average molecular weight is 310 g/mol. The highest BCUT2D eigenvalue weighted by Gasteiger charge is 2.22. The van der Waals surface area contributed by atoms with Gasteiger partial charge in [0.25, 0.3) is 0 Å². The van der Waals surface area contributed by atoms with Crippen molar-refractivity contribution in [2.75, 3.05) is 25.1 Å². The van der Waals surface area contributed by atoms with E-state index < -0.39 is 0 Å². The lowest BCUT2D eigenvalue weighted by Gasteiger charge is -2.34. The van der Waals surface area contributed by atoms with Crippen molar-refractivity contribution in [2.45, 2.75) is 18.9 Å². The van der Waals surface area contributed by atoms with Gasteiger partial charge in [-0.1, -0.05) is 0 Å². The predicted octanol–water partition coefficient (Wildman–Crippen LogP) is 2.40. The summed E-state index contributed by atoms with van der Waals surface area (Å²) < 4.78 is 10.9. The molecule has 0 saturated carbocycles. The summed E-state index contributed by atoms with van der Waals surface area (Å²) in [6.07, 6.45) is 5.27. The molecule has 2 aromatic rings. The van der Waals surface area contributed by atoms with Crippen LogP contribution >= 0.6 is 0 Å². The van der Waals surface area contributed by atoms with E-state index in [1.807, 2.05) is 24.3 Å². The molecule has 2 heterocycles. The van der Waals surface area contributed by atoms with Crippen LogP contribution in [0.15, 0.2) is 36.7 Å². The van der Waals surface area contributed by atoms with Gasteiger partial charge in [0.2, 0.25) is 0 Å². The molecule has 6 nitrogen and oxygen atoms in total. The minimum atomic E-state index is 0.0489. The Labute approximate surface area is 135 Å². The number of rotatable bonds is 4. The molecular weight excluding hydrogens is 292 g/mol. The standard InChI is InChI=1S/C17H18N4O2/c1-22-16-10-19-17(20-11-16)23-15-3-2-8-21(12-15)14-6-4-13(9-18)5-7-14/h4-7,10-11,15H,2-3,8,12H2,1H3. The number of nitrogens with zero attached hydrogens (tertiary/aromatic N) is 4. The second kappa shape index (κ2) is 6.97. The lowest BCUT2D eigenvalue weighted by Crippen LogP contribution is -2.41. The topological polar surface area (TPSA) is 71.3 Å². The maximum atomic E-state index is 8.88. The van der Waals surface area contributed by atoms with E-state index in [1.165, 1.54) is 0 Å². The third-order valence-corrected chi connectivity index (χ3v) is 3.85. The number of benzene rings is 1. The third-order valence-electron chi connectivity index (χ3n) is 3.85. The molecule has 0 radical (unpaired) electrons. The first-order valence-corrected chi connectivity index (χ1v) is 7.56. The highest BCUT2D eigenvalue weighted by atomic mass is 16.5. The van der Waals surface area contributed by atoms with Crippen LogP contribution in [-0.2, 0) is 0 Å².